The minimum absolute atomic E-state index is 0.00600. The summed E-state index contributed by atoms with van der Waals surface area (Å²) in [4.78, 5) is 24.1. The number of furan rings is 1. The van der Waals surface area contributed by atoms with E-state index < -0.39 is 6.09 Å². The molecule has 0 spiro atoms. The van der Waals surface area contributed by atoms with Gasteiger partial charge in [-0.05, 0) is 31.0 Å². The predicted molar refractivity (Wildman–Crippen MR) is 117 cm³/mol. The first kappa shape index (κ1) is 19.2. The number of hydrogen-bond donors (Lipinski definition) is 2. The highest BCUT2D eigenvalue weighted by Gasteiger charge is 2.27. The van der Waals surface area contributed by atoms with E-state index >= 15 is 0 Å². The van der Waals surface area contributed by atoms with Crippen LogP contribution < -0.4 is 10.2 Å². The quantitative estimate of drug-likeness (QED) is 0.515. The SMILES string of the molecule is CN(C(=O)O)C1CCN(c2nc(Nc3ccc4c(cnn4C)c3)nc3ccoc23)CC1. The standard InChI is InChI=1S/C21H23N7O3/c1-26(21(29)30)15-5-8-28(9-6-15)19-18-16(7-10-31-18)24-20(25-19)23-14-3-4-17-13(11-14)12-22-27(17)2/h3-4,7,10-12,15H,5-6,8-9H2,1-2H3,(H,29,30)(H,23,24,25). The molecule has 10 nitrogen and oxygen atoms in total. The summed E-state index contributed by atoms with van der Waals surface area (Å²) < 4.78 is 7.50. The van der Waals surface area contributed by atoms with Crippen LogP contribution in [0.15, 0.2) is 41.1 Å². The van der Waals surface area contributed by atoms with E-state index in [9.17, 15) is 9.90 Å². The monoisotopic (exact) mass is 421 g/mol. The molecular weight excluding hydrogens is 398 g/mol. The number of rotatable bonds is 4. The van der Waals surface area contributed by atoms with E-state index in [0.29, 0.717) is 24.6 Å². The molecule has 0 aliphatic carbocycles. The van der Waals surface area contributed by atoms with Crippen LogP contribution >= 0.6 is 0 Å². The van der Waals surface area contributed by atoms with Crippen LogP contribution in [-0.2, 0) is 7.05 Å². The number of amides is 1. The van der Waals surface area contributed by atoms with Crippen LogP contribution in [0.25, 0.3) is 22.0 Å². The van der Waals surface area contributed by atoms with E-state index in [1.165, 1.54) is 4.90 Å². The molecule has 3 aromatic heterocycles. The Kier molecular flexibility index (Phi) is 4.61. The lowest BCUT2D eigenvalue weighted by Crippen LogP contribution is -2.45. The van der Waals surface area contributed by atoms with Crippen molar-refractivity contribution in [2.24, 2.45) is 7.05 Å². The molecule has 31 heavy (non-hydrogen) atoms. The number of aromatic nitrogens is 4. The molecule has 4 heterocycles. The Morgan fingerprint density at radius 1 is 1.26 bits per heavy atom. The first-order chi connectivity index (χ1) is 15.0. The average Bonchev–Trinajstić information content (AvgIpc) is 3.39. The molecule has 0 radical (unpaired) electrons. The molecule has 1 fully saturated rings. The normalized spacial score (nSPS) is 15.0. The lowest BCUT2D eigenvalue weighted by atomic mass is 10.0. The maximum Gasteiger partial charge on any atom is 0.407 e. The highest BCUT2D eigenvalue weighted by atomic mass is 16.4. The lowest BCUT2D eigenvalue weighted by Gasteiger charge is -2.36. The maximum atomic E-state index is 11.3. The number of carboxylic acid groups (broad SMARTS) is 1. The summed E-state index contributed by atoms with van der Waals surface area (Å²) >= 11 is 0. The van der Waals surface area contributed by atoms with Gasteiger partial charge >= 0.3 is 6.09 Å². The van der Waals surface area contributed by atoms with E-state index in [1.807, 2.05) is 42.2 Å². The first-order valence-electron chi connectivity index (χ1n) is 10.1. The third-order valence-electron chi connectivity index (χ3n) is 5.90. The molecule has 1 aromatic carbocycles. The van der Waals surface area contributed by atoms with Gasteiger partial charge in [0.05, 0.1) is 18.0 Å². The zero-order valence-electron chi connectivity index (χ0n) is 17.3. The number of nitrogens with one attached hydrogen (secondary N) is 1. The molecule has 1 saturated heterocycles. The van der Waals surface area contributed by atoms with Crippen LogP contribution in [0.2, 0.25) is 0 Å². The van der Waals surface area contributed by atoms with E-state index in [-0.39, 0.29) is 6.04 Å². The van der Waals surface area contributed by atoms with Crippen LogP contribution in [0.4, 0.5) is 22.2 Å². The molecule has 1 aliphatic rings. The number of fused-ring (bicyclic) bond motifs is 2. The van der Waals surface area contributed by atoms with Gasteiger partial charge < -0.3 is 24.6 Å². The fourth-order valence-corrected chi connectivity index (χ4v) is 4.11. The molecule has 1 aliphatic heterocycles. The molecule has 4 aromatic rings. The number of benzene rings is 1. The second-order valence-corrected chi connectivity index (χ2v) is 7.78. The summed E-state index contributed by atoms with van der Waals surface area (Å²) in [6.45, 7) is 1.38. The molecule has 0 atom stereocenters. The summed E-state index contributed by atoms with van der Waals surface area (Å²) in [6.07, 6.45) is 4.00. The second-order valence-electron chi connectivity index (χ2n) is 7.78. The fourth-order valence-electron chi connectivity index (χ4n) is 4.11. The smallest absolute Gasteiger partial charge is 0.407 e. The van der Waals surface area contributed by atoms with Gasteiger partial charge in [0.1, 0.15) is 5.52 Å². The van der Waals surface area contributed by atoms with Crippen molar-refractivity contribution < 1.29 is 14.3 Å². The summed E-state index contributed by atoms with van der Waals surface area (Å²) in [5.74, 6) is 1.20. The van der Waals surface area contributed by atoms with E-state index in [4.69, 9.17) is 9.40 Å². The van der Waals surface area contributed by atoms with E-state index in [0.717, 1.165) is 40.8 Å². The van der Waals surface area contributed by atoms with Gasteiger partial charge in [-0.15, -0.1) is 0 Å². The van der Waals surface area contributed by atoms with Crippen LogP contribution in [0.1, 0.15) is 12.8 Å². The Labute approximate surface area is 178 Å². The first-order valence-corrected chi connectivity index (χ1v) is 10.1. The highest BCUT2D eigenvalue weighted by molar-refractivity contribution is 5.87. The van der Waals surface area contributed by atoms with Crippen molar-refractivity contribution in [2.45, 2.75) is 18.9 Å². The Morgan fingerprint density at radius 3 is 2.84 bits per heavy atom. The number of piperidine rings is 1. The van der Waals surface area contributed by atoms with Gasteiger partial charge in [0.25, 0.3) is 0 Å². The maximum absolute atomic E-state index is 11.3. The molecule has 1 amide bonds. The van der Waals surface area contributed by atoms with Crippen LogP contribution in [-0.4, -0.2) is 62.0 Å². The Bertz CT molecular complexity index is 1260. The van der Waals surface area contributed by atoms with E-state index in [1.54, 1.807) is 13.3 Å². The number of anilines is 3. The molecule has 2 N–H and O–H groups in total. The summed E-state index contributed by atoms with van der Waals surface area (Å²) in [6, 6.07) is 7.82. The van der Waals surface area contributed by atoms with Crippen molar-refractivity contribution in [3.63, 3.8) is 0 Å². The molecule has 160 valence electrons. The third-order valence-corrected chi connectivity index (χ3v) is 5.90. The van der Waals surface area contributed by atoms with E-state index in [2.05, 4.69) is 20.3 Å². The number of nitrogens with zero attached hydrogens (tertiary/aromatic N) is 6. The second kappa shape index (κ2) is 7.46. The Hall–Kier alpha value is -3.82. The summed E-state index contributed by atoms with van der Waals surface area (Å²) in [7, 11) is 3.54. The zero-order chi connectivity index (χ0) is 21.5. The number of aryl methyl sites for hydroxylation is 1. The summed E-state index contributed by atoms with van der Waals surface area (Å²) in [5.41, 5.74) is 3.28. The van der Waals surface area contributed by atoms with Crippen molar-refractivity contribution in [1.29, 1.82) is 0 Å². The molecule has 5 rings (SSSR count). The molecule has 0 unspecified atom stereocenters. The third kappa shape index (κ3) is 3.49. The predicted octanol–water partition coefficient (Wildman–Crippen LogP) is 3.43. The molecule has 0 bridgehead atoms. The van der Waals surface area contributed by atoms with Crippen molar-refractivity contribution in [1.82, 2.24) is 24.6 Å². The topological polar surface area (TPSA) is 113 Å². The lowest BCUT2D eigenvalue weighted by molar-refractivity contribution is 0.131. The largest absolute Gasteiger partial charge is 0.465 e. The average molecular weight is 421 g/mol. The van der Waals surface area contributed by atoms with Crippen LogP contribution in [0, 0.1) is 0 Å². The van der Waals surface area contributed by atoms with Gasteiger partial charge in [-0.1, -0.05) is 0 Å². The van der Waals surface area contributed by atoms with Crippen molar-refractivity contribution in [3.8, 4) is 0 Å². The van der Waals surface area contributed by atoms with Crippen LogP contribution in [0.3, 0.4) is 0 Å². The minimum Gasteiger partial charge on any atom is -0.465 e. The van der Waals surface area contributed by atoms with Gasteiger partial charge in [0.15, 0.2) is 11.4 Å². The molecule has 10 heteroatoms. The molecule has 0 saturated carbocycles. The number of hydrogen-bond acceptors (Lipinski definition) is 7. The van der Waals surface area contributed by atoms with Crippen molar-refractivity contribution in [3.05, 3.63) is 36.7 Å². The van der Waals surface area contributed by atoms with Crippen molar-refractivity contribution in [2.75, 3.05) is 30.4 Å². The highest BCUT2D eigenvalue weighted by Crippen LogP contribution is 2.30. The van der Waals surface area contributed by atoms with Crippen molar-refractivity contribution >= 4 is 45.5 Å². The van der Waals surface area contributed by atoms with Gasteiger partial charge in [-0.3, -0.25) is 4.68 Å². The summed E-state index contributed by atoms with van der Waals surface area (Å²) in [5, 5.41) is 17.8. The van der Waals surface area contributed by atoms with Gasteiger partial charge in [-0.2, -0.15) is 10.1 Å². The number of carbonyl (C=O) groups is 1. The van der Waals surface area contributed by atoms with Gasteiger partial charge in [0, 0.05) is 50.4 Å². The Morgan fingerprint density at radius 2 is 2.06 bits per heavy atom. The van der Waals surface area contributed by atoms with Crippen LogP contribution in [0.5, 0.6) is 0 Å². The minimum atomic E-state index is -0.897. The zero-order valence-corrected chi connectivity index (χ0v) is 17.3. The Balaban J connectivity index is 1.41. The molecular formula is C21H23N7O3. The fraction of sp³-hybridized carbons (Fsp3) is 0.333. The van der Waals surface area contributed by atoms with Gasteiger partial charge in [0.2, 0.25) is 5.95 Å². The van der Waals surface area contributed by atoms with Gasteiger partial charge in [-0.25, -0.2) is 9.78 Å².